The molecule has 86 valence electrons. The second-order valence-corrected chi connectivity index (χ2v) is 3.80. The van der Waals surface area contributed by atoms with Gasteiger partial charge in [0.15, 0.2) is 0 Å². The summed E-state index contributed by atoms with van der Waals surface area (Å²) in [4.78, 5) is 0. The van der Waals surface area contributed by atoms with Crippen LogP contribution in [0, 0.1) is 0 Å². The summed E-state index contributed by atoms with van der Waals surface area (Å²) in [5, 5.41) is 0. The molecule has 0 unspecified atom stereocenters. The van der Waals surface area contributed by atoms with Crippen molar-refractivity contribution in [1.82, 2.24) is 0 Å². The standard InChI is InChI=1S/2C3H9N.4O.Ru/c2*1-2-3-4;;;;;/h2*2-4H2,1H3;;;;;/q;;;;;;-2/p+2. The molecule has 0 atom stereocenters. The van der Waals surface area contributed by atoms with Gasteiger partial charge in [-0.15, -0.1) is 0 Å². The Kier molecular flexibility index (Phi) is 20.3. The molecule has 0 radical (unpaired) electrons. The summed E-state index contributed by atoms with van der Waals surface area (Å²) >= 11 is -5.86. The van der Waals surface area contributed by atoms with Gasteiger partial charge in [0, 0.05) is 0 Å². The fourth-order valence-corrected chi connectivity index (χ4v) is 0. The van der Waals surface area contributed by atoms with E-state index in [4.69, 9.17) is 14.3 Å². The van der Waals surface area contributed by atoms with Crippen molar-refractivity contribution in [3.63, 3.8) is 0 Å². The molecular weight excluding hydrogens is 265 g/mol. The van der Waals surface area contributed by atoms with Crippen LogP contribution in [0.25, 0.3) is 0 Å². The van der Waals surface area contributed by atoms with Crippen molar-refractivity contribution in [3.05, 3.63) is 0 Å². The van der Waals surface area contributed by atoms with E-state index >= 15 is 0 Å². The summed E-state index contributed by atoms with van der Waals surface area (Å²) in [6.45, 7) is 6.38. The first-order valence-corrected chi connectivity index (χ1v) is 6.83. The third-order valence-corrected chi connectivity index (χ3v) is 0.707. The van der Waals surface area contributed by atoms with Gasteiger partial charge in [-0.05, 0) is 12.8 Å². The third-order valence-electron chi connectivity index (χ3n) is 0.707. The van der Waals surface area contributed by atoms with E-state index < -0.39 is 14.6 Å². The van der Waals surface area contributed by atoms with Crippen molar-refractivity contribution in [2.75, 3.05) is 13.1 Å². The molecule has 0 aliphatic rings. The zero-order valence-corrected chi connectivity index (χ0v) is 9.97. The van der Waals surface area contributed by atoms with E-state index in [2.05, 4.69) is 25.3 Å². The van der Waals surface area contributed by atoms with Crippen LogP contribution in [0.3, 0.4) is 0 Å². The average Bonchev–Trinajstić information content (AvgIpc) is 2.01. The first-order chi connectivity index (χ1) is 5.83. The first kappa shape index (κ1) is 18.5. The van der Waals surface area contributed by atoms with Crippen LogP contribution in [0.1, 0.15) is 26.7 Å². The molecule has 6 nitrogen and oxygen atoms in total. The van der Waals surface area contributed by atoms with Gasteiger partial charge >= 0.3 is 28.9 Å². The summed E-state index contributed by atoms with van der Waals surface area (Å²) < 4.78 is 34.4. The van der Waals surface area contributed by atoms with Gasteiger partial charge < -0.3 is 11.5 Å². The summed E-state index contributed by atoms with van der Waals surface area (Å²) in [6.07, 6.45) is 2.42. The van der Waals surface area contributed by atoms with E-state index in [1.54, 1.807) is 0 Å². The predicted octanol–water partition coefficient (Wildman–Crippen LogP) is -1.20. The average molecular weight is 285 g/mol. The van der Waals surface area contributed by atoms with E-state index in [1.165, 1.54) is 12.8 Å². The SMILES string of the molecule is CCC[NH3+].CCC[NH3+].[O]=[Ru-2](=[O])(=[O])=[O]. The van der Waals surface area contributed by atoms with Crippen LogP contribution in [0.5, 0.6) is 0 Å². The van der Waals surface area contributed by atoms with Crippen molar-refractivity contribution in [2.45, 2.75) is 26.7 Å². The third kappa shape index (κ3) is 367. The second-order valence-electron chi connectivity index (χ2n) is 2.06. The Labute approximate surface area is 80.5 Å². The van der Waals surface area contributed by atoms with Gasteiger partial charge in [-0.3, -0.25) is 0 Å². The molecule has 0 aliphatic carbocycles. The quantitative estimate of drug-likeness (QED) is 0.618. The molecule has 0 aliphatic heterocycles. The van der Waals surface area contributed by atoms with Gasteiger partial charge in [0.1, 0.15) is 0 Å². The van der Waals surface area contributed by atoms with Crippen LogP contribution in [0.2, 0.25) is 0 Å². The normalized spacial score (nSPS) is 10.2. The second kappa shape index (κ2) is 14.3. The van der Waals surface area contributed by atoms with Crippen LogP contribution < -0.4 is 11.5 Å². The van der Waals surface area contributed by atoms with Gasteiger partial charge in [-0.2, -0.15) is 0 Å². The summed E-state index contributed by atoms with van der Waals surface area (Å²) in [5.74, 6) is 0. The number of hydrogen-bond acceptors (Lipinski definition) is 4. The van der Waals surface area contributed by atoms with Crippen LogP contribution in [0.15, 0.2) is 0 Å². The number of quaternary nitrogens is 2. The van der Waals surface area contributed by atoms with Gasteiger partial charge in [0.05, 0.1) is 13.1 Å². The Bertz CT molecular complexity index is 217. The molecule has 0 aromatic carbocycles. The molecule has 0 heterocycles. The Hall–Kier alpha value is -0.257. The maximum atomic E-state index is 8.61. The molecule has 0 fully saturated rings. The van der Waals surface area contributed by atoms with Gasteiger partial charge in [0.2, 0.25) is 0 Å². The fraction of sp³-hybridized carbons (Fsp3) is 1.00. The van der Waals surface area contributed by atoms with E-state index in [1.807, 2.05) is 0 Å². The zero-order valence-electron chi connectivity index (χ0n) is 8.23. The van der Waals surface area contributed by atoms with E-state index in [9.17, 15) is 0 Å². The Morgan fingerprint density at radius 1 is 0.846 bits per heavy atom. The van der Waals surface area contributed by atoms with Gasteiger partial charge in [0.25, 0.3) is 0 Å². The molecule has 0 aromatic rings. The molecule has 0 amide bonds. The Morgan fingerprint density at radius 2 is 0.923 bits per heavy atom. The summed E-state index contributed by atoms with van der Waals surface area (Å²) in [5.41, 5.74) is 7.21. The number of rotatable bonds is 2. The molecule has 0 saturated carbocycles. The molecule has 6 N–H and O–H groups in total. The van der Waals surface area contributed by atoms with Crippen LogP contribution in [-0.2, 0) is 28.9 Å². The van der Waals surface area contributed by atoms with Crippen molar-refractivity contribution >= 4 is 0 Å². The van der Waals surface area contributed by atoms with Crippen LogP contribution >= 0.6 is 0 Å². The van der Waals surface area contributed by atoms with E-state index in [0.29, 0.717) is 0 Å². The minimum atomic E-state index is -5.86. The Balaban J connectivity index is -0.000000117. The fourth-order valence-electron chi connectivity index (χ4n) is 0. The minimum absolute atomic E-state index is 1.07. The van der Waals surface area contributed by atoms with Crippen molar-refractivity contribution in [3.8, 4) is 0 Å². The van der Waals surface area contributed by atoms with Crippen molar-refractivity contribution in [2.24, 2.45) is 0 Å². The molecule has 0 aromatic heterocycles. The monoisotopic (exact) mass is 286 g/mol. The molecule has 0 rings (SSSR count). The van der Waals surface area contributed by atoms with Crippen molar-refractivity contribution < 1.29 is 40.3 Å². The van der Waals surface area contributed by atoms with E-state index in [0.717, 1.165) is 13.1 Å². The first-order valence-electron chi connectivity index (χ1n) is 3.99. The zero-order chi connectivity index (χ0) is 11.3. The summed E-state index contributed by atoms with van der Waals surface area (Å²) in [6, 6.07) is 0. The molecular formula is C6H20N2O4Ru. The van der Waals surface area contributed by atoms with Crippen molar-refractivity contribution in [1.29, 1.82) is 0 Å². The van der Waals surface area contributed by atoms with E-state index in [-0.39, 0.29) is 0 Å². The maximum absolute atomic E-state index is 8.61. The molecule has 0 spiro atoms. The van der Waals surface area contributed by atoms with Gasteiger partial charge in [-0.25, -0.2) is 0 Å². The van der Waals surface area contributed by atoms with Crippen LogP contribution in [-0.4, -0.2) is 13.1 Å². The molecule has 0 saturated heterocycles. The van der Waals surface area contributed by atoms with Gasteiger partial charge in [-0.1, -0.05) is 13.8 Å². The topological polar surface area (TPSA) is 124 Å². The predicted molar refractivity (Wildman–Crippen MR) is 38.8 cm³/mol. The summed E-state index contributed by atoms with van der Waals surface area (Å²) in [7, 11) is 0. The number of hydrogen-bond donors (Lipinski definition) is 2. The Morgan fingerprint density at radius 3 is 0.923 bits per heavy atom. The molecule has 0 bridgehead atoms. The van der Waals surface area contributed by atoms with Crippen LogP contribution in [0.4, 0.5) is 0 Å². The molecule has 13 heavy (non-hydrogen) atoms. The molecule has 7 heteroatoms.